The molecule has 0 rings (SSSR count). The summed E-state index contributed by atoms with van der Waals surface area (Å²) in [6.07, 6.45) is 2.61. The number of Topliss-reactive ketones (excluding diaryl/α,β-unsaturated/α-hetero) is 2. The highest BCUT2D eigenvalue weighted by molar-refractivity contribution is 5.91. The molecule has 0 aliphatic heterocycles. The van der Waals surface area contributed by atoms with Crippen LogP contribution in [0, 0.1) is 29.6 Å². The number of carbonyl (C=O) groups is 2. The van der Waals surface area contributed by atoms with Crippen molar-refractivity contribution in [1.82, 2.24) is 4.90 Å². The quantitative estimate of drug-likeness (QED) is 0.292. The van der Waals surface area contributed by atoms with Crippen LogP contribution in [0.4, 0.5) is 0 Å². The zero-order valence-corrected chi connectivity index (χ0v) is 21.2. The van der Waals surface area contributed by atoms with Gasteiger partial charge in [0.1, 0.15) is 5.78 Å². The van der Waals surface area contributed by atoms with Crippen LogP contribution in [-0.2, 0) is 19.1 Å². The molecule has 0 aliphatic carbocycles. The maximum Gasteiger partial charge on any atom is 0.150 e. The minimum atomic E-state index is -0.198. The zero-order valence-electron chi connectivity index (χ0n) is 21.2. The lowest BCUT2D eigenvalue weighted by atomic mass is 9.80. The molecule has 0 heterocycles. The molecule has 0 amide bonds. The number of likely N-dealkylation sites (N-methyl/N-ethyl adjacent to an activating group) is 1. The van der Waals surface area contributed by atoms with Gasteiger partial charge in [-0.15, -0.1) is 0 Å². The summed E-state index contributed by atoms with van der Waals surface area (Å²) in [6.45, 7) is 19.7. The molecule has 0 aromatic heterocycles. The van der Waals surface area contributed by atoms with E-state index in [2.05, 4.69) is 32.6 Å². The van der Waals surface area contributed by atoms with Crippen LogP contribution in [0.5, 0.6) is 0 Å². The molecule has 0 bridgehead atoms. The van der Waals surface area contributed by atoms with E-state index in [0.717, 1.165) is 18.9 Å². The maximum absolute atomic E-state index is 13.1. The molecular weight excluding hydrogens is 378 g/mol. The van der Waals surface area contributed by atoms with E-state index in [4.69, 9.17) is 9.47 Å². The third kappa shape index (κ3) is 12.2. The Kier molecular flexibility index (Phi) is 15.5. The second-order valence-electron chi connectivity index (χ2n) is 10.0. The Balaban J connectivity index is 4.44. The second-order valence-corrected chi connectivity index (χ2v) is 10.0. The fourth-order valence-corrected chi connectivity index (χ4v) is 3.82. The van der Waals surface area contributed by atoms with E-state index >= 15 is 0 Å². The van der Waals surface area contributed by atoms with Gasteiger partial charge in [0.15, 0.2) is 5.78 Å². The zero-order chi connectivity index (χ0) is 23.3. The molecule has 5 nitrogen and oxygen atoms in total. The number of carbonyl (C=O) groups excluding carboxylic acids is 2. The van der Waals surface area contributed by atoms with E-state index in [1.54, 1.807) is 0 Å². The van der Waals surface area contributed by atoms with Crippen molar-refractivity contribution in [3.63, 3.8) is 0 Å². The third-order valence-electron chi connectivity index (χ3n) is 5.63. The Bertz CT molecular complexity index is 474. The molecule has 0 spiro atoms. The van der Waals surface area contributed by atoms with Crippen LogP contribution in [0.2, 0.25) is 0 Å². The predicted molar refractivity (Wildman–Crippen MR) is 125 cm³/mol. The number of nitrogens with zero attached hydrogens (tertiary/aromatic N) is 1. The number of ketones is 2. The number of hydrogen-bond acceptors (Lipinski definition) is 5. The molecule has 0 N–H and O–H groups in total. The van der Waals surface area contributed by atoms with Gasteiger partial charge >= 0.3 is 0 Å². The average molecular weight is 428 g/mol. The van der Waals surface area contributed by atoms with Gasteiger partial charge in [0.05, 0.1) is 25.9 Å². The highest BCUT2D eigenvalue weighted by Gasteiger charge is 2.32. The van der Waals surface area contributed by atoms with Gasteiger partial charge in [0, 0.05) is 31.4 Å². The third-order valence-corrected chi connectivity index (χ3v) is 5.63. The molecule has 5 heteroatoms. The molecule has 0 unspecified atom stereocenters. The smallest absolute Gasteiger partial charge is 0.150 e. The largest absolute Gasteiger partial charge is 0.379 e. The molecule has 0 radical (unpaired) electrons. The van der Waals surface area contributed by atoms with E-state index in [9.17, 15) is 9.59 Å². The lowest BCUT2D eigenvalue weighted by Crippen LogP contribution is -2.45. The summed E-state index contributed by atoms with van der Waals surface area (Å²) in [5.41, 5.74) is 0. The highest BCUT2D eigenvalue weighted by atomic mass is 16.5. The van der Waals surface area contributed by atoms with Crippen molar-refractivity contribution in [3.8, 4) is 0 Å². The molecule has 30 heavy (non-hydrogen) atoms. The van der Waals surface area contributed by atoms with Crippen LogP contribution in [-0.4, -0.2) is 62.5 Å². The van der Waals surface area contributed by atoms with Gasteiger partial charge in [-0.05, 0) is 37.6 Å². The second kappa shape index (κ2) is 15.9. The molecule has 178 valence electrons. The van der Waals surface area contributed by atoms with Crippen molar-refractivity contribution >= 4 is 11.6 Å². The Morgan fingerprint density at radius 2 is 1.37 bits per heavy atom. The molecule has 0 aliphatic rings. The monoisotopic (exact) mass is 427 g/mol. The van der Waals surface area contributed by atoms with Gasteiger partial charge < -0.3 is 9.47 Å². The van der Waals surface area contributed by atoms with Gasteiger partial charge in [-0.3, -0.25) is 14.5 Å². The maximum atomic E-state index is 13.1. The SMILES string of the molecule is CC(C)CCCOCCOCCN(C)[C@H](C(=O)C[C@H](C(=O)C(C)C)C(C)C)C(C)C. The van der Waals surface area contributed by atoms with Crippen LogP contribution < -0.4 is 0 Å². The first-order valence-corrected chi connectivity index (χ1v) is 11.9. The van der Waals surface area contributed by atoms with Crippen LogP contribution in [0.1, 0.15) is 74.7 Å². The van der Waals surface area contributed by atoms with E-state index in [0.29, 0.717) is 32.8 Å². The van der Waals surface area contributed by atoms with E-state index < -0.39 is 0 Å². The Labute approximate surface area is 186 Å². The first kappa shape index (κ1) is 29.2. The molecule has 0 aromatic rings. The summed E-state index contributed by atoms with van der Waals surface area (Å²) in [5, 5.41) is 0. The summed E-state index contributed by atoms with van der Waals surface area (Å²) < 4.78 is 11.3. The van der Waals surface area contributed by atoms with Gasteiger partial charge in [-0.1, -0.05) is 55.4 Å². The van der Waals surface area contributed by atoms with Crippen molar-refractivity contribution in [3.05, 3.63) is 0 Å². The van der Waals surface area contributed by atoms with Crippen LogP contribution in [0.3, 0.4) is 0 Å². The molecule has 0 saturated carbocycles. The van der Waals surface area contributed by atoms with Crippen molar-refractivity contribution in [2.45, 2.75) is 80.7 Å². The minimum absolute atomic E-state index is 0.0404. The Hall–Kier alpha value is -0.780. The molecule has 2 atom stereocenters. The van der Waals surface area contributed by atoms with Crippen molar-refractivity contribution in [2.75, 3.05) is 40.0 Å². The number of hydrogen-bond donors (Lipinski definition) is 0. The van der Waals surface area contributed by atoms with Gasteiger partial charge in [-0.2, -0.15) is 0 Å². The lowest BCUT2D eigenvalue weighted by molar-refractivity contribution is -0.134. The first-order chi connectivity index (χ1) is 14.0. The molecular formula is C25H49NO4. The topological polar surface area (TPSA) is 55.8 Å². The first-order valence-electron chi connectivity index (χ1n) is 11.9. The molecule has 0 aromatic carbocycles. The van der Waals surface area contributed by atoms with Crippen molar-refractivity contribution in [1.29, 1.82) is 0 Å². The summed E-state index contributed by atoms with van der Waals surface area (Å²) in [5.74, 6) is 1.20. The van der Waals surface area contributed by atoms with Gasteiger partial charge in [0.2, 0.25) is 0 Å². The van der Waals surface area contributed by atoms with Crippen LogP contribution in [0.15, 0.2) is 0 Å². The minimum Gasteiger partial charge on any atom is -0.379 e. The standard InChI is InChI=1S/C25H49NO4/c1-18(2)11-10-13-29-15-16-30-14-12-26(9)24(20(5)6)23(27)17-22(19(3)4)25(28)21(7)8/h18-22,24H,10-17H2,1-9H3/t22-,24-/m0/s1. The van der Waals surface area contributed by atoms with E-state index in [1.165, 1.54) is 6.42 Å². The highest BCUT2D eigenvalue weighted by Crippen LogP contribution is 2.24. The van der Waals surface area contributed by atoms with Crippen molar-refractivity contribution in [2.24, 2.45) is 29.6 Å². The van der Waals surface area contributed by atoms with Crippen LogP contribution in [0.25, 0.3) is 0 Å². The average Bonchev–Trinajstić information content (AvgIpc) is 2.63. The normalized spacial score (nSPS) is 14.3. The molecule has 0 fully saturated rings. The predicted octanol–water partition coefficient (Wildman–Crippen LogP) is 4.87. The Morgan fingerprint density at radius 3 is 1.83 bits per heavy atom. The van der Waals surface area contributed by atoms with E-state index in [-0.39, 0.29) is 41.3 Å². The lowest BCUT2D eigenvalue weighted by Gasteiger charge is -2.32. The number of rotatable bonds is 18. The summed E-state index contributed by atoms with van der Waals surface area (Å²) in [4.78, 5) is 27.7. The van der Waals surface area contributed by atoms with E-state index in [1.807, 2.05) is 34.7 Å². The summed E-state index contributed by atoms with van der Waals surface area (Å²) in [6, 6.07) is -0.193. The Morgan fingerprint density at radius 1 is 0.800 bits per heavy atom. The summed E-state index contributed by atoms with van der Waals surface area (Å²) >= 11 is 0. The van der Waals surface area contributed by atoms with Gasteiger partial charge in [0.25, 0.3) is 0 Å². The fourth-order valence-electron chi connectivity index (χ4n) is 3.82. The number of ether oxygens (including phenoxy) is 2. The van der Waals surface area contributed by atoms with Crippen LogP contribution >= 0.6 is 0 Å². The van der Waals surface area contributed by atoms with Crippen molar-refractivity contribution < 1.29 is 19.1 Å². The molecule has 0 saturated heterocycles. The summed E-state index contributed by atoms with van der Waals surface area (Å²) in [7, 11) is 1.98. The van der Waals surface area contributed by atoms with Gasteiger partial charge in [-0.25, -0.2) is 0 Å². The fraction of sp³-hybridized carbons (Fsp3) is 0.920.